The van der Waals surface area contributed by atoms with Gasteiger partial charge in [0.15, 0.2) is 5.72 Å². The van der Waals surface area contributed by atoms with Crippen LogP contribution in [0, 0.1) is 0 Å². The van der Waals surface area contributed by atoms with E-state index in [4.69, 9.17) is 27.2 Å². The molecular weight excluding hydrogens is 572 g/mol. The van der Waals surface area contributed by atoms with E-state index < -0.39 is 27.8 Å². The van der Waals surface area contributed by atoms with Crippen LogP contribution in [-0.2, 0) is 27.0 Å². The normalized spacial score (nSPS) is 16.8. The summed E-state index contributed by atoms with van der Waals surface area (Å²) in [5, 5.41) is 31.2. The zero-order valence-corrected chi connectivity index (χ0v) is 24.1. The molecule has 11 nitrogen and oxygen atoms in total. The Hall–Kier alpha value is -3.52. The number of nitrogens with one attached hydrogen (secondary N) is 2. The highest BCUT2D eigenvalue weighted by atomic mass is 35.5. The summed E-state index contributed by atoms with van der Waals surface area (Å²) < 4.78 is 28.6. The van der Waals surface area contributed by atoms with Crippen molar-refractivity contribution in [3.8, 4) is 5.75 Å². The number of rotatable bonds is 10. The summed E-state index contributed by atoms with van der Waals surface area (Å²) in [7, 11) is -4.06. The van der Waals surface area contributed by atoms with Crippen molar-refractivity contribution in [3.63, 3.8) is 0 Å². The monoisotopic (exact) mass is 604 g/mol. The number of sulfonamides is 1. The Kier molecular flexibility index (Phi) is 10.5. The summed E-state index contributed by atoms with van der Waals surface area (Å²) in [6.45, 7) is 4.77. The number of carbonyl (C=O) groups excluding carboxylic acids is 2. The zero-order valence-electron chi connectivity index (χ0n) is 22.5. The van der Waals surface area contributed by atoms with Gasteiger partial charge in [-0.25, -0.2) is 13.6 Å². The second-order valence-electron chi connectivity index (χ2n) is 9.72. The van der Waals surface area contributed by atoms with Crippen molar-refractivity contribution >= 4 is 33.4 Å². The molecule has 0 bridgehead atoms. The van der Waals surface area contributed by atoms with Crippen LogP contribution in [0.4, 0.5) is 0 Å². The number of fused-ring (bicyclic) bond motifs is 1. The minimum absolute atomic E-state index is 0.0625. The summed E-state index contributed by atoms with van der Waals surface area (Å²) in [6.07, 6.45) is -0.325. The van der Waals surface area contributed by atoms with E-state index in [0.717, 1.165) is 11.6 Å². The molecule has 2 amide bonds. The molecule has 0 radical (unpaired) electrons. The van der Waals surface area contributed by atoms with Crippen molar-refractivity contribution in [1.29, 1.82) is 0 Å². The average Bonchev–Trinajstić information content (AvgIpc) is 3.17. The Morgan fingerprint density at radius 2 is 1.78 bits per heavy atom. The number of primary sulfonamides is 1. The van der Waals surface area contributed by atoms with Crippen molar-refractivity contribution in [2.24, 2.45) is 10.9 Å². The summed E-state index contributed by atoms with van der Waals surface area (Å²) in [4.78, 5) is 22.4. The lowest BCUT2D eigenvalue weighted by molar-refractivity contribution is -0.117. The Morgan fingerprint density at radius 3 is 2.39 bits per heavy atom. The van der Waals surface area contributed by atoms with Gasteiger partial charge < -0.3 is 31.3 Å². The highest BCUT2D eigenvalue weighted by Gasteiger charge is 2.43. The highest BCUT2D eigenvalue weighted by Crippen LogP contribution is 2.36. The molecule has 41 heavy (non-hydrogen) atoms. The minimum atomic E-state index is -4.06. The maximum atomic E-state index is 12.0. The largest absolute Gasteiger partial charge is 0.491 e. The molecule has 8 N–H and O–H groups in total. The van der Waals surface area contributed by atoms with E-state index >= 15 is 0 Å². The molecule has 1 heterocycles. The first-order chi connectivity index (χ1) is 19.2. The topological polar surface area (TPSA) is 194 Å². The van der Waals surface area contributed by atoms with Crippen molar-refractivity contribution in [2.75, 3.05) is 13.2 Å². The molecule has 1 aliphatic heterocycles. The first kappa shape index (κ1) is 32.0. The molecule has 3 aromatic carbocycles. The van der Waals surface area contributed by atoms with E-state index in [1.54, 1.807) is 48.5 Å². The molecule has 0 spiro atoms. The van der Waals surface area contributed by atoms with Crippen LogP contribution in [0.1, 0.15) is 40.9 Å². The first-order valence-corrected chi connectivity index (χ1v) is 14.5. The third-order valence-corrected chi connectivity index (χ3v) is 7.41. The number of benzene rings is 3. The van der Waals surface area contributed by atoms with Crippen molar-refractivity contribution in [2.45, 2.75) is 43.0 Å². The minimum Gasteiger partial charge on any atom is -0.491 e. The van der Waals surface area contributed by atoms with E-state index in [1.165, 1.54) is 12.1 Å². The van der Waals surface area contributed by atoms with Crippen LogP contribution in [0.15, 0.2) is 71.6 Å². The third-order valence-electron chi connectivity index (χ3n) is 6.02. The number of aliphatic hydroxyl groups excluding tert-OH is 1. The van der Waals surface area contributed by atoms with Crippen LogP contribution in [-0.4, -0.2) is 55.7 Å². The van der Waals surface area contributed by atoms with Crippen molar-refractivity contribution < 1.29 is 33.0 Å². The number of aliphatic hydroxyl groups is 2. The Labute approximate surface area is 243 Å². The lowest BCUT2D eigenvalue weighted by Crippen LogP contribution is -2.40. The van der Waals surface area contributed by atoms with Gasteiger partial charge in [-0.1, -0.05) is 61.8 Å². The van der Waals surface area contributed by atoms with Crippen LogP contribution in [0.5, 0.6) is 5.75 Å². The third kappa shape index (κ3) is 8.49. The number of carbonyl (C=O) groups is 2. The summed E-state index contributed by atoms with van der Waals surface area (Å²) >= 11 is 5.83. The number of hydrogen-bond acceptors (Lipinski definition) is 8. The van der Waals surface area contributed by atoms with Gasteiger partial charge in [-0.3, -0.25) is 9.59 Å². The number of primary amides is 1. The van der Waals surface area contributed by atoms with E-state index in [-0.39, 0.29) is 34.4 Å². The molecule has 0 saturated heterocycles. The predicted molar refractivity (Wildman–Crippen MR) is 154 cm³/mol. The van der Waals surface area contributed by atoms with Crippen molar-refractivity contribution in [3.05, 3.63) is 94.0 Å². The van der Waals surface area contributed by atoms with Gasteiger partial charge in [0.25, 0.3) is 5.91 Å². The number of amides is 2. The molecule has 0 aliphatic carbocycles. The van der Waals surface area contributed by atoms with Gasteiger partial charge >= 0.3 is 0 Å². The SMILES string of the molecule is CC(C)NCC(O)COc1ccc(CC(N)=O)cc1.NS(=O)(=O)c1cc(C2(O)NC(=O)c3ccccc32)ccc1Cl. The smallest absolute Gasteiger partial charge is 0.254 e. The molecule has 1 aliphatic rings. The molecule has 0 fully saturated rings. The van der Waals surface area contributed by atoms with Gasteiger partial charge in [0.05, 0.1) is 11.4 Å². The highest BCUT2D eigenvalue weighted by molar-refractivity contribution is 7.89. The van der Waals surface area contributed by atoms with Crippen molar-refractivity contribution in [1.82, 2.24) is 10.6 Å². The number of nitrogens with two attached hydrogens (primary N) is 2. The van der Waals surface area contributed by atoms with Gasteiger partial charge in [0, 0.05) is 29.3 Å². The molecule has 4 rings (SSSR count). The fourth-order valence-corrected chi connectivity index (χ4v) is 5.07. The van der Waals surface area contributed by atoms with Gasteiger partial charge in [-0.05, 0) is 35.9 Å². The molecule has 0 saturated carbocycles. The maximum Gasteiger partial charge on any atom is 0.254 e. The van der Waals surface area contributed by atoms with Gasteiger partial charge in [-0.15, -0.1) is 0 Å². The fraction of sp³-hybridized carbons (Fsp3) is 0.286. The van der Waals surface area contributed by atoms with E-state index in [0.29, 0.717) is 29.5 Å². The predicted octanol–water partition coefficient (Wildman–Crippen LogP) is 1.38. The average molecular weight is 605 g/mol. The first-order valence-electron chi connectivity index (χ1n) is 12.6. The molecular formula is C28H33ClN4O7S. The number of ether oxygens (including phenoxy) is 1. The molecule has 0 aromatic heterocycles. The van der Waals surface area contributed by atoms with E-state index in [2.05, 4.69) is 10.6 Å². The summed E-state index contributed by atoms with van der Waals surface area (Å²) in [5.41, 5.74) is 4.93. The second kappa shape index (κ2) is 13.4. The molecule has 2 unspecified atom stereocenters. The molecule has 220 valence electrons. The molecule has 13 heteroatoms. The van der Waals surface area contributed by atoms with Crippen LogP contribution in [0.25, 0.3) is 0 Å². The summed E-state index contributed by atoms with van der Waals surface area (Å²) in [5.74, 6) is -0.147. The molecule has 3 aromatic rings. The van der Waals surface area contributed by atoms with Gasteiger partial charge in [0.2, 0.25) is 15.9 Å². The van der Waals surface area contributed by atoms with Crippen LogP contribution >= 0.6 is 11.6 Å². The van der Waals surface area contributed by atoms with E-state index in [1.807, 2.05) is 13.8 Å². The van der Waals surface area contributed by atoms with Crippen LogP contribution in [0.3, 0.4) is 0 Å². The number of halogens is 1. The molecule has 2 atom stereocenters. The quantitative estimate of drug-likeness (QED) is 0.200. The number of hydrogen-bond donors (Lipinski definition) is 6. The Morgan fingerprint density at radius 1 is 1.12 bits per heavy atom. The fourth-order valence-electron chi connectivity index (χ4n) is 4.00. The van der Waals surface area contributed by atoms with Gasteiger partial charge in [-0.2, -0.15) is 0 Å². The maximum absolute atomic E-state index is 12.0. The Bertz CT molecular complexity index is 1500. The van der Waals surface area contributed by atoms with E-state index in [9.17, 15) is 28.2 Å². The Balaban J connectivity index is 0.000000229. The lowest BCUT2D eigenvalue weighted by Gasteiger charge is -2.25. The summed E-state index contributed by atoms with van der Waals surface area (Å²) in [6, 6.07) is 17.8. The second-order valence-corrected chi connectivity index (χ2v) is 11.7. The zero-order chi connectivity index (χ0) is 30.4. The lowest BCUT2D eigenvalue weighted by atomic mass is 9.94. The van der Waals surface area contributed by atoms with Crippen LogP contribution < -0.4 is 26.2 Å². The van der Waals surface area contributed by atoms with Gasteiger partial charge in [0.1, 0.15) is 23.4 Å². The van der Waals surface area contributed by atoms with Crippen LogP contribution in [0.2, 0.25) is 5.02 Å². The standard InChI is InChI=1S/C14H11ClN2O4S.C14H22N2O3/c15-11-6-5-8(7-12(11)22(16,20)21)14(19)10-4-2-1-3-9(10)13(18)17-14;1-10(2)16-8-12(17)9-19-13-5-3-11(4-6-13)7-14(15)18/h1-7,19H,(H,17,18)(H2,16,20,21);3-6,10,12,16-17H,7-9H2,1-2H3,(H2,15,18).